The van der Waals surface area contributed by atoms with E-state index in [0.717, 1.165) is 77.0 Å². The molecule has 0 saturated carbocycles. The van der Waals surface area contributed by atoms with Gasteiger partial charge in [-0.3, -0.25) is 18.6 Å². The first kappa shape index (κ1) is 70.7. The van der Waals surface area contributed by atoms with Crippen molar-refractivity contribution in [2.75, 3.05) is 26.4 Å². The van der Waals surface area contributed by atoms with Gasteiger partial charge in [0.05, 0.1) is 13.2 Å². The molecule has 0 spiro atoms. The summed E-state index contributed by atoms with van der Waals surface area (Å²) >= 11 is 0. The van der Waals surface area contributed by atoms with Crippen LogP contribution in [0.25, 0.3) is 0 Å². The van der Waals surface area contributed by atoms with E-state index in [4.69, 9.17) is 24.3 Å². The minimum atomic E-state index is -4.39. The Balaban J connectivity index is 3.91. The number of allylic oxidation sites excluding steroid dienone is 10. The van der Waals surface area contributed by atoms with Crippen LogP contribution in [-0.2, 0) is 32.7 Å². The molecule has 2 unspecified atom stereocenters. The quantitative estimate of drug-likeness (QED) is 0.0264. The van der Waals surface area contributed by atoms with E-state index < -0.39 is 26.5 Å². The number of hydrogen-bond acceptors (Lipinski definition) is 8. The number of phosphoric acid groups is 1. The van der Waals surface area contributed by atoms with Gasteiger partial charge in [0.1, 0.15) is 6.61 Å². The Kier molecular flexibility index (Phi) is 57.1. The average Bonchev–Trinajstić information content (AvgIpc) is 3.38. The number of rotatable bonds is 58. The van der Waals surface area contributed by atoms with E-state index in [0.29, 0.717) is 6.42 Å². The third kappa shape index (κ3) is 58.8. The molecule has 0 heterocycles. The van der Waals surface area contributed by atoms with Crippen molar-refractivity contribution in [3.05, 3.63) is 60.8 Å². The van der Waals surface area contributed by atoms with Crippen molar-refractivity contribution in [1.29, 1.82) is 0 Å². The first-order valence-corrected chi connectivity index (χ1v) is 32.3. The van der Waals surface area contributed by atoms with Gasteiger partial charge in [0.25, 0.3) is 0 Å². The van der Waals surface area contributed by atoms with Crippen LogP contribution in [0.3, 0.4) is 0 Å². The SMILES string of the molecule is CCCCCCC/C=C\C/C=C\C/C=C\CCCCCCCCC(=O)OC(COC(=O)CCCCCCCCCCCCCCCCCCCCC/C=C\C/C=C\CCCCCCC)COP(=O)(O)OCCN. The minimum absolute atomic E-state index is 0.0502. The summed E-state index contributed by atoms with van der Waals surface area (Å²) in [5.74, 6) is -0.832. The maximum atomic E-state index is 12.7. The lowest BCUT2D eigenvalue weighted by Crippen LogP contribution is -2.29. The van der Waals surface area contributed by atoms with E-state index in [9.17, 15) is 19.0 Å². The molecule has 0 aromatic carbocycles. The number of ether oxygens (including phenoxy) is 2. The molecule has 0 fully saturated rings. The zero-order valence-electron chi connectivity index (χ0n) is 47.6. The summed E-state index contributed by atoms with van der Waals surface area (Å²) in [6, 6.07) is 0. The van der Waals surface area contributed by atoms with Gasteiger partial charge in [0, 0.05) is 19.4 Å². The molecule has 0 aliphatic carbocycles. The molecular weight excluding hydrogens is 930 g/mol. The largest absolute Gasteiger partial charge is 0.472 e. The highest BCUT2D eigenvalue weighted by atomic mass is 31.2. The molecule has 0 saturated heterocycles. The van der Waals surface area contributed by atoms with Crippen LogP contribution in [0, 0.1) is 0 Å². The summed E-state index contributed by atoms with van der Waals surface area (Å²) in [5, 5.41) is 0. The zero-order valence-corrected chi connectivity index (χ0v) is 48.5. The lowest BCUT2D eigenvalue weighted by molar-refractivity contribution is -0.161. The molecule has 73 heavy (non-hydrogen) atoms. The first-order valence-electron chi connectivity index (χ1n) is 30.8. The van der Waals surface area contributed by atoms with Crippen LogP contribution in [0.1, 0.15) is 296 Å². The van der Waals surface area contributed by atoms with Gasteiger partial charge in [0.2, 0.25) is 0 Å². The molecule has 3 N–H and O–H groups in total. The fourth-order valence-corrected chi connectivity index (χ4v) is 9.56. The number of phosphoric ester groups is 1. The summed E-state index contributed by atoms with van der Waals surface area (Å²) in [6.45, 7) is 3.74. The highest BCUT2D eigenvalue weighted by Crippen LogP contribution is 2.43. The molecule has 0 rings (SSSR count). The van der Waals surface area contributed by atoms with Gasteiger partial charge in [-0.25, -0.2) is 4.57 Å². The number of carbonyl (C=O) groups excluding carboxylic acids is 2. The van der Waals surface area contributed by atoms with Crippen LogP contribution in [0.4, 0.5) is 0 Å². The van der Waals surface area contributed by atoms with Crippen molar-refractivity contribution in [2.45, 2.75) is 302 Å². The topological polar surface area (TPSA) is 134 Å². The van der Waals surface area contributed by atoms with Crippen LogP contribution < -0.4 is 5.73 Å². The summed E-state index contributed by atoms with van der Waals surface area (Å²) in [7, 11) is -4.39. The van der Waals surface area contributed by atoms with Gasteiger partial charge < -0.3 is 20.1 Å². The molecule has 0 amide bonds. The Bertz CT molecular complexity index is 1380. The van der Waals surface area contributed by atoms with Gasteiger partial charge in [0.15, 0.2) is 6.10 Å². The van der Waals surface area contributed by atoms with Crippen molar-refractivity contribution in [2.24, 2.45) is 5.73 Å². The predicted octanol–water partition coefficient (Wildman–Crippen LogP) is 19.5. The van der Waals surface area contributed by atoms with Crippen LogP contribution in [-0.4, -0.2) is 49.3 Å². The summed E-state index contributed by atoms with van der Waals surface area (Å²) in [6.07, 6.45) is 74.3. The average molecular weight is 1050 g/mol. The van der Waals surface area contributed by atoms with E-state index in [1.807, 2.05) is 0 Å². The lowest BCUT2D eigenvalue weighted by atomic mass is 10.0. The highest BCUT2D eigenvalue weighted by molar-refractivity contribution is 7.47. The van der Waals surface area contributed by atoms with Crippen molar-refractivity contribution < 1.29 is 37.6 Å². The molecule has 0 bridgehead atoms. The molecule has 9 nitrogen and oxygen atoms in total. The normalized spacial score (nSPS) is 13.4. The fourth-order valence-electron chi connectivity index (χ4n) is 8.79. The standard InChI is InChI=1S/C63H116NO8P/c1-3-5-7-9-11-13-15-17-19-21-23-25-26-27-28-29-30-31-32-33-34-36-37-39-41-43-45-47-49-51-53-55-62(65)69-59-61(60-71-73(67,68)70-58-57-64)72-63(66)56-54-52-50-48-46-44-42-40-38-35-24-22-20-18-16-14-12-10-8-6-4-2/h15-18,21-24,38,40,61H,3-14,19-20,25-37,39,41-60,64H2,1-2H3,(H,67,68)/b17-15-,18-16-,23-21-,24-22-,40-38-. The number of unbranched alkanes of at least 4 members (excludes halogenated alkanes) is 35. The van der Waals surface area contributed by atoms with E-state index in [-0.39, 0.29) is 38.6 Å². The van der Waals surface area contributed by atoms with Crippen LogP contribution in [0.2, 0.25) is 0 Å². The van der Waals surface area contributed by atoms with E-state index in [2.05, 4.69) is 74.6 Å². The minimum Gasteiger partial charge on any atom is -0.462 e. The highest BCUT2D eigenvalue weighted by Gasteiger charge is 2.26. The third-order valence-corrected chi connectivity index (χ3v) is 14.4. The second-order valence-corrected chi connectivity index (χ2v) is 22.0. The van der Waals surface area contributed by atoms with Crippen molar-refractivity contribution in [3.8, 4) is 0 Å². The second kappa shape index (κ2) is 59.0. The van der Waals surface area contributed by atoms with Crippen LogP contribution in [0.15, 0.2) is 60.8 Å². The Morgan fingerprint density at radius 2 is 0.712 bits per heavy atom. The Labute approximate surface area is 450 Å². The van der Waals surface area contributed by atoms with Crippen LogP contribution >= 0.6 is 7.82 Å². The van der Waals surface area contributed by atoms with Crippen molar-refractivity contribution in [1.82, 2.24) is 0 Å². The molecule has 426 valence electrons. The number of esters is 2. The van der Waals surface area contributed by atoms with Gasteiger partial charge in [-0.15, -0.1) is 0 Å². The molecule has 0 aliphatic heterocycles. The van der Waals surface area contributed by atoms with Gasteiger partial charge in [-0.1, -0.05) is 261 Å². The maximum Gasteiger partial charge on any atom is 0.472 e. The molecule has 0 aliphatic rings. The van der Waals surface area contributed by atoms with Crippen LogP contribution in [0.5, 0.6) is 0 Å². The summed E-state index contributed by atoms with van der Waals surface area (Å²) in [4.78, 5) is 35.2. The fraction of sp³-hybridized carbons (Fsp3) is 0.810. The maximum absolute atomic E-state index is 12.7. The van der Waals surface area contributed by atoms with E-state index in [1.54, 1.807) is 0 Å². The molecule has 0 aromatic rings. The predicted molar refractivity (Wildman–Crippen MR) is 312 cm³/mol. The number of nitrogens with two attached hydrogens (primary N) is 1. The third-order valence-electron chi connectivity index (χ3n) is 13.4. The number of carbonyl (C=O) groups is 2. The lowest BCUT2D eigenvalue weighted by Gasteiger charge is -2.19. The summed E-state index contributed by atoms with van der Waals surface area (Å²) in [5.41, 5.74) is 5.38. The molecule has 0 aromatic heterocycles. The van der Waals surface area contributed by atoms with Gasteiger partial charge in [-0.05, 0) is 83.5 Å². The summed E-state index contributed by atoms with van der Waals surface area (Å²) < 4.78 is 33.1. The Morgan fingerprint density at radius 3 is 1.05 bits per heavy atom. The number of hydrogen-bond donors (Lipinski definition) is 2. The van der Waals surface area contributed by atoms with Gasteiger partial charge >= 0.3 is 19.8 Å². The van der Waals surface area contributed by atoms with E-state index >= 15 is 0 Å². The molecule has 2 atom stereocenters. The van der Waals surface area contributed by atoms with Crippen molar-refractivity contribution >= 4 is 19.8 Å². The zero-order chi connectivity index (χ0) is 53.1. The smallest absolute Gasteiger partial charge is 0.462 e. The van der Waals surface area contributed by atoms with E-state index in [1.165, 1.54) is 186 Å². The monoisotopic (exact) mass is 1050 g/mol. The molecule has 10 heteroatoms. The molecular formula is C63H116NO8P. The second-order valence-electron chi connectivity index (χ2n) is 20.6. The van der Waals surface area contributed by atoms with Gasteiger partial charge in [-0.2, -0.15) is 0 Å². The Hall–Kier alpha value is -2.29. The first-order chi connectivity index (χ1) is 35.8. The molecule has 0 radical (unpaired) electrons. The van der Waals surface area contributed by atoms with Crippen molar-refractivity contribution in [3.63, 3.8) is 0 Å². The Morgan fingerprint density at radius 1 is 0.411 bits per heavy atom.